The van der Waals surface area contributed by atoms with E-state index in [4.69, 9.17) is 16.6 Å². The van der Waals surface area contributed by atoms with Crippen molar-refractivity contribution in [3.63, 3.8) is 0 Å². The minimum absolute atomic E-state index is 0.0295. The zero-order valence-electron chi connectivity index (χ0n) is 14.8. The predicted octanol–water partition coefficient (Wildman–Crippen LogP) is 1.89. The molecule has 0 spiro atoms. The van der Waals surface area contributed by atoms with Crippen molar-refractivity contribution in [2.75, 3.05) is 25.5 Å². The summed E-state index contributed by atoms with van der Waals surface area (Å²) in [5, 5.41) is 21.1. The van der Waals surface area contributed by atoms with Gasteiger partial charge in [0, 0.05) is 56.2 Å². The van der Waals surface area contributed by atoms with Gasteiger partial charge in [0.15, 0.2) is 0 Å². The molecular weight excluding hydrogens is 335 g/mol. The molecule has 0 saturated heterocycles. The van der Waals surface area contributed by atoms with Crippen LogP contribution in [0.4, 0.5) is 10.1 Å². The molecule has 0 aromatic heterocycles. The number of amidine groups is 1. The van der Waals surface area contributed by atoms with E-state index < -0.39 is 5.82 Å². The van der Waals surface area contributed by atoms with E-state index in [1.165, 1.54) is 19.1 Å². The van der Waals surface area contributed by atoms with Crippen LogP contribution in [0.1, 0.15) is 18.9 Å². The number of halogens is 1. The van der Waals surface area contributed by atoms with Gasteiger partial charge in [-0.05, 0) is 17.7 Å². The third-order valence-electron chi connectivity index (χ3n) is 4.15. The summed E-state index contributed by atoms with van der Waals surface area (Å²) in [6.07, 6.45) is 3.21. The number of nitrogens with one attached hydrogen (secondary N) is 4. The van der Waals surface area contributed by atoms with E-state index in [0.29, 0.717) is 35.4 Å². The fourth-order valence-electron chi connectivity index (χ4n) is 2.66. The standard InChI is InChI=1S/C18H23FN6O/c1-11(26)25-6-5-16(21)14(10-25)18(22)24-17-4-3-12(7-15(17)19)13(8-20)9-23-2/h3-4,7-9,20,23H,5-6,10,21H2,1-2H3,(H2,22,24)/b13-9+,20-8?. The van der Waals surface area contributed by atoms with Crippen LogP contribution in [0.25, 0.3) is 5.57 Å². The van der Waals surface area contributed by atoms with Crippen LogP contribution in [0.15, 0.2) is 35.7 Å². The highest BCUT2D eigenvalue weighted by atomic mass is 19.1. The Kier molecular flexibility index (Phi) is 6.11. The first-order chi connectivity index (χ1) is 12.4. The van der Waals surface area contributed by atoms with Gasteiger partial charge in [0.05, 0.1) is 12.2 Å². The molecule has 26 heavy (non-hydrogen) atoms. The molecule has 7 nitrogen and oxygen atoms in total. The van der Waals surface area contributed by atoms with Crippen LogP contribution in [0.5, 0.6) is 0 Å². The smallest absolute Gasteiger partial charge is 0.219 e. The van der Waals surface area contributed by atoms with Crippen LogP contribution in [-0.2, 0) is 4.79 Å². The summed E-state index contributed by atoms with van der Waals surface area (Å²) in [5.41, 5.74) is 8.20. The number of carbonyl (C=O) groups excluding carboxylic acids is 1. The number of rotatable bonds is 5. The first kappa shape index (κ1) is 19.2. The first-order valence-electron chi connectivity index (χ1n) is 8.14. The number of carbonyl (C=O) groups is 1. The highest BCUT2D eigenvalue weighted by molar-refractivity contribution is 6.09. The lowest BCUT2D eigenvalue weighted by molar-refractivity contribution is -0.128. The van der Waals surface area contributed by atoms with Crippen LogP contribution in [0.2, 0.25) is 0 Å². The van der Waals surface area contributed by atoms with E-state index in [1.54, 1.807) is 24.2 Å². The fraction of sp³-hybridized carbons (Fsp3) is 0.278. The summed E-state index contributed by atoms with van der Waals surface area (Å²) in [5.74, 6) is -0.665. The molecule has 0 saturated carbocycles. The van der Waals surface area contributed by atoms with Crippen LogP contribution < -0.4 is 16.4 Å². The second-order valence-corrected chi connectivity index (χ2v) is 5.92. The van der Waals surface area contributed by atoms with E-state index in [2.05, 4.69) is 10.6 Å². The number of hydrogen-bond donors (Lipinski definition) is 5. The van der Waals surface area contributed by atoms with E-state index >= 15 is 0 Å². The largest absolute Gasteiger partial charge is 0.402 e. The monoisotopic (exact) mass is 358 g/mol. The summed E-state index contributed by atoms with van der Waals surface area (Å²) < 4.78 is 14.4. The number of amides is 1. The lowest BCUT2D eigenvalue weighted by Crippen LogP contribution is -2.39. The van der Waals surface area contributed by atoms with Gasteiger partial charge >= 0.3 is 0 Å². The Balaban J connectivity index is 2.20. The maximum absolute atomic E-state index is 14.4. The number of anilines is 1. The van der Waals surface area contributed by atoms with Gasteiger partial charge in [-0.2, -0.15) is 0 Å². The topological polar surface area (TPSA) is 118 Å². The highest BCUT2D eigenvalue weighted by Crippen LogP contribution is 2.22. The Labute approximate surface area is 151 Å². The molecule has 1 aliphatic heterocycles. The molecule has 8 heteroatoms. The van der Waals surface area contributed by atoms with Crippen molar-refractivity contribution in [2.45, 2.75) is 13.3 Å². The summed E-state index contributed by atoms with van der Waals surface area (Å²) in [4.78, 5) is 13.1. The molecule has 0 radical (unpaired) electrons. The van der Waals surface area contributed by atoms with Gasteiger partial charge in [-0.15, -0.1) is 0 Å². The Morgan fingerprint density at radius 2 is 2.15 bits per heavy atom. The number of nitrogens with zero attached hydrogens (tertiary/aromatic N) is 1. The number of nitrogens with two attached hydrogens (primary N) is 1. The predicted molar refractivity (Wildman–Crippen MR) is 102 cm³/mol. The van der Waals surface area contributed by atoms with Crippen molar-refractivity contribution < 1.29 is 9.18 Å². The average Bonchev–Trinajstić information content (AvgIpc) is 2.61. The Morgan fingerprint density at radius 3 is 2.73 bits per heavy atom. The molecule has 0 atom stereocenters. The quantitative estimate of drug-likeness (QED) is 0.408. The molecule has 1 heterocycles. The lowest BCUT2D eigenvalue weighted by atomic mass is 10.0. The van der Waals surface area contributed by atoms with E-state index in [1.807, 2.05) is 0 Å². The van der Waals surface area contributed by atoms with Gasteiger partial charge in [-0.1, -0.05) is 6.07 Å². The number of hydrogen-bond acceptors (Lipinski definition) is 5. The van der Waals surface area contributed by atoms with E-state index in [-0.39, 0.29) is 24.0 Å². The van der Waals surface area contributed by atoms with Gasteiger partial charge in [0.1, 0.15) is 11.7 Å². The van der Waals surface area contributed by atoms with E-state index in [9.17, 15) is 9.18 Å². The number of benzene rings is 1. The summed E-state index contributed by atoms with van der Waals surface area (Å²) in [7, 11) is 1.70. The third-order valence-corrected chi connectivity index (χ3v) is 4.15. The second-order valence-electron chi connectivity index (χ2n) is 5.92. The van der Waals surface area contributed by atoms with Crippen molar-refractivity contribution in [3.05, 3.63) is 47.0 Å². The lowest BCUT2D eigenvalue weighted by Gasteiger charge is -2.29. The highest BCUT2D eigenvalue weighted by Gasteiger charge is 2.22. The van der Waals surface area contributed by atoms with Crippen molar-refractivity contribution in [1.82, 2.24) is 10.2 Å². The van der Waals surface area contributed by atoms with Crippen molar-refractivity contribution in [1.29, 1.82) is 10.8 Å². The third kappa shape index (κ3) is 4.27. The Hall–Kier alpha value is -3.16. The maximum Gasteiger partial charge on any atom is 0.219 e. The van der Waals surface area contributed by atoms with Gasteiger partial charge < -0.3 is 26.7 Å². The summed E-state index contributed by atoms with van der Waals surface area (Å²) in [6, 6.07) is 4.46. The SMILES string of the molecule is CN/C=C(\C=N)c1ccc(NC(=N)C2=C(N)CCN(C(C)=O)C2)c(F)c1. The summed E-state index contributed by atoms with van der Waals surface area (Å²) >= 11 is 0. The molecule has 1 aromatic rings. The first-order valence-corrected chi connectivity index (χ1v) is 8.14. The second kappa shape index (κ2) is 8.28. The molecule has 1 aromatic carbocycles. The minimum atomic E-state index is -0.547. The fourth-order valence-corrected chi connectivity index (χ4v) is 2.66. The average molecular weight is 358 g/mol. The molecule has 0 unspecified atom stereocenters. The summed E-state index contributed by atoms with van der Waals surface area (Å²) in [6.45, 7) is 2.22. The zero-order chi connectivity index (χ0) is 19.3. The molecular formula is C18H23FN6O. The van der Waals surface area contributed by atoms with Crippen molar-refractivity contribution >= 4 is 29.2 Å². The zero-order valence-corrected chi connectivity index (χ0v) is 14.8. The molecule has 0 aliphatic carbocycles. The van der Waals surface area contributed by atoms with Crippen LogP contribution in [0.3, 0.4) is 0 Å². The molecule has 138 valence electrons. The van der Waals surface area contributed by atoms with Gasteiger partial charge in [0.2, 0.25) is 5.91 Å². The Bertz CT molecular complexity index is 799. The van der Waals surface area contributed by atoms with Gasteiger partial charge in [0.25, 0.3) is 0 Å². The van der Waals surface area contributed by atoms with Gasteiger partial charge in [-0.3, -0.25) is 10.2 Å². The van der Waals surface area contributed by atoms with Crippen LogP contribution in [0, 0.1) is 16.6 Å². The van der Waals surface area contributed by atoms with E-state index in [0.717, 1.165) is 6.21 Å². The van der Waals surface area contributed by atoms with Crippen molar-refractivity contribution in [2.24, 2.45) is 5.73 Å². The normalized spacial score (nSPS) is 14.9. The van der Waals surface area contributed by atoms with Crippen molar-refractivity contribution in [3.8, 4) is 0 Å². The number of allylic oxidation sites excluding steroid dienone is 1. The molecule has 6 N–H and O–H groups in total. The van der Waals surface area contributed by atoms with Gasteiger partial charge in [-0.25, -0.2) is 4.39 Å². The maximum atomic E-state index is 14.4. The minimum Gasteiger partial charge on any atom is -0.402 e. The molecule has 0 fully saturated rings. The molecule has 0 bridgehead atoms. The Morgan fingerprint density at radius 1 is 1.42 bits per heavy atom. The van der Waals surface area contributed by atoms with Crippen LogP contribution in [-0.4, -0.2) is 43.0 Å². The molecule has 2 rings (SSSR count). The molecule has 1 aliphatic rings. The van der Waals surface area contributed by atoms with Crippen LogP contribution >= 0.6 is 0 Å². The molecule has 1 amide bonds.